The Kier molecular flexibility index (Phi) is 4.67. The molecule has 100 valence electrons. The topological polar surface area (TPSA) is 26.0 Å². The maximum absolute atomic E-state index is 5.60. The van der Waals surface area contributed by atoms with Crippen molar-refractivity contribution in [1.82, 2.24) is 0 Å². The predicted molar refractivity (Wildman–Crippen MR) is 84.0 cm³/mol. The number of rotatable bonds is 4. The fourth-order valence-corrected chi connectivity index (χ4v) is 3.03. The van der Waals surface area contributed by atoms with Gasteiger partial charge in [-0.25, -0.2) is 0 Å². The van der Waals surface area contributed by atoms with Gasteiger partial charge in [0.25, 0.3) is 0 Å². The molecule has 1 nitrogen and oxygen atoms in total. The standard InChI is InChI=1S/C17H21NS/c1-12-4-6-16(11-13(12)2)19-17-7-5-15(8-9-18)10-14(17)3/h4-7,10-11H,8-9,18H2,1-3H3. The van der Waals surface area contributed by atoms with Crippen molar-refractivity contribution in [2.75, 3.05) is 6.54 Å². The quantitative estimate of drug-likeness (QED) is 0.899. The Morgan fingerprint density at radius 1 is 0.895 bits per heavy atom. The largest absolute Gasteiger partial charge is 0.330 e. The monoisotopic (exact) mass is 271 g/mol. The normalized spacial score (nSPS) is 10.7. The van der Waals surface area contributed by atoms with Gasteiger partial charge in [0.15, 0.2) is 0 Å². The van der Waals surface area contributed by atoms with E-state index in [2.05, 4.69) is 57.2 Å². The molecule has 0 saturated carbocycles. The molecule has 2 aromatic carbocycles. The van der Waals surface area contributed by atoms with Crippen LogP contribution in [0.1, 0.15) is 22.3 Å². The van der Waals surface area contributed by atoms with Gasteiger partial charge in [0.05, 0.1) is 0 Å². The summed E-state index contributed by atoms with van der Waals surface area (Å²) in [6.45, 7) is 7.19. The van der Waals surface area contributed by atoms with E-state index in [4.69, 9.17) is 5.73 Å². The highest BCUT2D eigenvalue weighted by atomic mass is 32.2. The van der Waals surface area contributed by atoms with Gasteiger partial charge in [0.2, 0.25) is 0 Å². The summed E-state index contributed by atoms with van der Waals surface area (Å²) >= 11 is 1.83. The first-order chi connectivity index (χ1) is 9.10. The van der Waals surface area contributed by atoms with E-state index in [0.717, 1.165) is 6.42 Å². The van der Waals surface area contributed by atoms with Crippen LogP contribution in [-0.2, 0) is 6.42 Å². The van der Waals surface area contributed by atoms with Crippen LogP contribution in [-0.4, -0.2) is 6.54 Å². The van der Waals surface area contributed by atoms with Crippen molar-refractivity contribution in [3.05, 3.63) is 58.7 Å². The highest BCUT2D eigenvalue weighted by Crippen LogP contribution is 2.31. The second-order valence-corrected chi connectivity index (χ2v) is 6.10. The molecule has 0 radical (unpaired) electrons. The SMILES string of the molecule is Cc1ccc(Sc2ccc(CCN)cc2C)cc1C. The predicted octanol–water partition coefficient (Wildman–Crippen LogP) is 4.26. The fraction of sp³-hybridized carbons (Fsp3) is 0.294. The molecule has 0 aromatic heterocycles. The molecular weight excluding hydrogens is 250 g/mol. The van der Waals surface area contributed by atoms with Crippen molar-refractivity contribution in [2.45, 2.75) is 37.0 Å². The van der Waals surface area contributed by atoms with Crippen LogP contribution in [0.25, 0.3) is 0 Å². The molecule has 0 aliphatic rings. The molecule has 0 aliphatic heterocycles. The van der Waals surface area contributed by atoms with Gasteiger partial charge in [-0.2, -0.15) is 0 Å². The Hall–Kier alpha value is -1.25. The summed E-state index contributed by atoms with van der Waals surface area (Å²) in [5.41, 5.74) is 10.9. The lowest BCUT2D eigenvalue weighted by atomic mass is 10.1. The van der Waals surface area contributed by atoms with Gasteiger partial charge >= 0.3 is 0 Å². The Labute approximate surface area is 120 Å². The average Bonchev–Trinajstić information content (AvgIpc) is 2.37. The Morgan fingerprint density at radius 2 is 1.68 bits per heavy atom. The minimum Gasteiger partial charge on any atom is -0.330 e. The summed E-state index contributed by atoms with van der Waals surface area (Å²) in [5.74, 6) is 0. The highest BCUT2D eigenvalue weighted by Gasteiger charge is 2.04. The molecule has 0 heterocycles. The van der Waals surface area contributed by atoms with E-state index in [-0.39, 0.29) is 0 Å². The van der Waals surface area contributed by atoms with Crippen molar-refractivity contribution in [1.29, 1.82) is 0 Å². The third kappa shape index (κ3) is 3.62. The number of benzene rings is 2. The number of hydrogen-bond donors (Lipinski definition) is 1. The van der Waals surface area contributed by atoms with Gasteiger partial charge in [-0.15, -0.1) is 0 Å². The van der Waals surface area contributed by atoms with Gasteiger partial charge in [0.1, 0.15) is 0 Å². The van der Waals surface area contributed by atoms with E-state index in [1.54, 1.807) is 0 Å². The van der Waals surface area contributed by atoms with Crippen molar-refractivity contribution in [2.24, 2.45) is 5.73 Å². The average molecular weight is 271 g/mol. The van der Waals surface area contributed by atoms with Crippen LogP contribution in [0.15, 0.2) is 46.2 Å². The first-order valence-electron chi connectivity index (χ1n) is 6.65. The molecule has 0 unspecified atom stereocenters. The van der Waals surface area contributed by atoms with Gasteiger partial charge in [-0.05, 0) is 74.2 Å². The van der Waals surface area contributed by atoms with Crippen LogP contribution < -0.4 is 5.73 Å². The molecule has 0 amide bonds. The fourth-order valence-electron chi connectivity index (χ4n) is 2.05. The third-order valence-corrected chi connectivity index (χ3v) is 4.55. The Morgan fingerprint density at radius 3 is 2.32 bits per heavy atom. The Bertz CT molecular complexity index is 575. The van der Waals surface area contributed by atoms with Crippen LogP contribution in [0.2, 0.25) is 0 Å². The van der Waals surface area contributed by atoms with E-state index >= 15 is 0 Å². The van der Waals surface area contributed by atoms with Crippen LogP contribution in [0, 0.1) is 20.8 Å². The summed E-state index contributed by atoms with van der Waals surface area (Å²) in [6, 6.07) is 13.3. The van der Waals surface area contributed by atoms with E-state index in [0.29, 0.717) is 6.54 Å². The summed E-state index contributed by atoms with van der Waals surface area (Å²) < 4.78 is 0. The molecule has 0 spiro atoms. The minimum atomic E-state index is 0.711. The van der Waals surface area contributed by atoms with E-state index in [1.807, 2.05) is 11.8 Å². The zero-order valence-corrected chi connectivity index (χ0v) is 12.7. The smallest absolute Gasteiger partial charge is 0.0151 e. The Balaban J connectivity index is 2.20. The van der Waals surface area contributed by atoms with Crippen LogP contribution >= 0.6 is 11.8 Å². The van der Waals surface area contributed by atoms with Crippen molar-refractivity contribution >= 4 is 11.8 Å². The summed E-state index contributed by atoms with van der Waals surface area (Å²) in [5, 5.41) is 0. The van der Waals surface area contributed by atoms with Gasteiger partial charge in [-0.3, -0.25) is 0 Å². The van der Waals surface area contributed by atoms with E-state index < -0.39 is 0 Å². The van der Waals surface area contributed by atoms with Crippen LogP contribution in [0.5, 0.6) is 0 Å². The first-order valence-corrected chi connectivity index (χ1v) is 7.46. The number of hydrogen-bond acceptors (Lipinski definition) is 2. The molecule has 0 aliphatic carbocycles. The molecule has 2 heteroatoms. The van der Waals surface area contributed by atoms with Gasteiger partial charge < -0.3 is 5.73 Å². The number of nitrogens with two attached hydrogens (primary N) is 1. The number of aryl methyl sites for hydroxylation is 3. The molecule has 2 N–H and O–H groups in total. The van der Waals surface area contributed by atoms with Crippen molar-refractivity contribution in [3.8, 4) is 0 Å². The molecule has 2 rings (SSSR count). The van der Waals surface area contributed by atoms with Crippen molar-refractivity contribution < 1.29 is 0 Å². The zero-order chi connectivity index (χ0) is 13.8. The summed E-state index contributed by atoms with van der Waals surface area (Å²) in [7, 11) is 0. The van der Waals surface area contributed by atoms with E-state index in [9.17, 15) is 0 Å². The first kappa shape index (κ1) is 14.2. The molecule has 0 fully saturated rings. The summed E-state index contributed by atoms with van der Waals surface area (Å²) in [4.78, 5) is 2.63. The maximum atomic E-state index is 5.60. The van der Waals surface area contributed by atoms with Crippen molar-refractivity contribution in [3.63, 3.8) is 0 Å². The molecule has 0 saturated heterocycles. The van der Waals surface area contributed by atoms with Gasteiger partial charge in [-0.1, -0.05) is 30.0 Å². The zero-order valence-electron chi connectivity index (χ0n) is 11.9. The van der Waals surface area contributed by atoms with Crippen LogP contribution in [0.4, 0.5) is 0 Å². The molecule has 0 bridgehead atoms. The van der Waals surface area contributed by atoms with Crippen LogP contribution in [0.3, 0.4) is 0 Å². The molecule has 0 atom stereocenters. The highest BCUT2D eigenvalue weighted by molar-refractivity contribution is 7.99. The lowest BCUT2D eigenvalue weighted by molar-refractivity contribution is 0.963. The second kappa shape index (κ2) is 6.27. The summed E-state index contributed by atoms with van der Waals surface area (Å²) in [6.07, 6.45) is 0.954. The van der Waals surface area contributed by atoms with E-state index in [1.165, 1.54) is 32.0 Å². The lowest BCUT2D eigenvalue weighted by Crippen LogP contribution is -2.02. The second-order valence-electron chi connectivity index (χ2n) is 4.99. The molecular formula is C17H21NS. The molecule has 19 heavy (non-hydrogen) atoms. The maximum Gasteiger partial charge on any atom is 0.0151 e. The lowest BCUT2D eigenvalue weighted by Gasteiger charge is -2.09. The van der Waals surface area contributed by atoms with Gasteiger partial charge in [0, 0.05) is 9.79 Å². The third-order valence-electron chi connectivity index (χ3n) is 3.38. The molecule has 2 aromatic rings. The minimum absolute atomic E-state index is 0.711.